The normalized spacial score (nSPS) is 15.5. The van der Waals surface area contributed by atoms with Gasteiger partial charge in [0.15, 0.2) is 16.5 Å². The van der Waals surface area contributed by atoms with Crippen molar-refractivity contribution < 1.29 is 28.2 Å². The Morgan fingerprint density at radius 3 is 2.74 bits per heavy atom. The lowest BCUT2D eigenvalue weighted by Gasteiger charge is -2.37. The second-order valence-electron chi connectivity index (χ2n) is 7.95. The Hall–Kier alpha value is -3.22. The number of benzene rings is 1. The molecule has 0 unspecified atom stereocenters. The number of ether oxygens (including phenoxy) is 2. The molecule has 0 radical (unpaired) electrons. The average molecular weight is 507 g/mol. The predicted molar refractivity (Wildman–Crippen MR) is 124 cm³/mol. The molecule has 1 atom stereocenters. The molecule has 0 bridgehead atoms. The van der Waals surface area contributed by atoms with E-state index in [4.69, 9.17) is 9.47 Å². The van der Waals surface area contributed by atoms with Gasteiger partial charge in [-0.3, -0.25) is 9.59 Å². The molecule has 1 aliphatic rings. The third-order valence-electron chi connectivity index (χ3n) is 5.70. The van der Waals surface area contributed by atoms with Crippen LogP contribution >= 0.6 is 11.3 Å². The van der Waals surface area contributed by atoms with Crippen LogP contribution < -0.4 is 5.43 Å². The number of aromatic hydroxyl groups is 1. The lowest BCUT2D eigenvalue weighted by atomic mass is 10.1. The molecule has 1 aliphatic heterocycles. The van der Waals surface area contributed by atoms with Crippen molar-refractivity contribution >= 4 is 17.2 Å². The van der Waals surface area contributed by atoms with Gasteiger partial charge >= 0.3 is 0 Å². The molecular weight excluding hydrogens is 482 g/mol. The number of carbonyl (C=O) groups excluding carboxylic acids is 1. The number of hydrogen-bond acceptors (Lipinski definition) is 8. The molecular formula is C23H24F2N4O5S. The highest BCUT2D eigenvalue weighted by molar-refractivity contribution is 7.14. The molecule has 12 heteroatoms. The van der Waals surface area contributed by atoms with Crippen LogP contribution in [0.5, 0.6) is 5.75 Å². The number of halogens is 2. The van der Waals surface area contributed by atoms with Gasteiger partial charge in [0, 0.05) is 38.9 Å². The molecule has 0 saturated carbocycles. The number of aromatic nitrogens is 3. The van der Waals surface area contributed by atoms with Crippen LogP contribution in [0.1, 0.15) is 28.0 Å². The molecule has 0 spiro atoms. The summed E-state index contributed by atoms with van der Waals surface area (Å²) in [5.41, 5.74) is -0.523. The number of nitrogens with zero attached hydrogens (tertiary/aromatic N) is 4. The van der Waals surface area contributed by atoms with Crippen LogP contribution in [0.2, 0.25) is 0 Å². The SMILES string of the molecule is CCN1C(=O)c2c(O)c(=O)c(-c3nnc(Cc4ccc(F)cc4F)s3)cn2C[C@@H]1COCCOC. The first-order valence-corrected chi connectivity index (χ1v) is 11.8. The van der Waals surface area contributed by atoms with E-state index in [0.29, 0.717) is 31.3 Å². The summed E-state index contributed by atoms with van der Waals surface area (Å²) in [6.45, 7) is 3.54. The van der Waals surface area contributed by atoms with Gasteiger partial charge < -0.3 is 24.0 Å². The molecule has 1 amide bonds. The zero-order chi connectivity index (χ0) is 25.1. The van der Waals surface area contributed by atoms with Crippen LogP contribution in [-0.4, -0.2) is 70.2 Å². The van der Waals surface area contributed by atoms with Crippen LogP contribution in [0.15, 0.2) is 29.2 Å². The highest BCUT2D eigenvalue weighted by Crippen LogP contribution is 2.29. The Balaban J connectivity index is 1.63. The molecule has 35 heavy (non-hydrogen) atoms. The minimum Gasteiger partial charge on any atom is -0.503 e. The van der Waals surface area contributed by atoms with Crippen molar-refractivity contribution in [1.29, 1.82) is 0 Å². The topological polar surface area (TPSA) is 107 Å². The molecule has 1 N–H and O–H groups in total. The van der Waals surface area contributed by atoms with E-state index in [1.54, 1.807) is 12.0 Å². The van der Waals surface area contributed by atoms with Gasteiger partial charge in [-0.1, -0.05) is 17.4 Å². The fraction of sp³-hybridized carbons (Fsp3) is 0.391. The van der Waals surface area contributed by atoms with Crippen LogP contribution in [0.4, 0.5) is 8.78 Å². The first kappa shape index (κ1) is 24.9. The Kier molecular flexibility index (Phi) is 7.53. The van der Waals surface area contributed by atoms with Gasteiger partial charge in [0.05, 0.1) is 31.4 Å². The van der Waals surface area contributed by atoms with E-state index < -0.39 is 28.7 Å². The van der Waals surface area contributed by atoms with Gasteiger partial charge in [0.2, 0.25) is 5.43 Å². The summed E-state index contributed by atoms with van der Waals surface area (Å²) in [6, 6.07) is 2.96. The number of amides is 1. The highest BCUT2D eigenvalue weighted by atomic mass is 32.1. The number of pyridine rings is 1. The number of fused-ring (bicyclic) bond motifs is 1. The van der Waals surface area contributed by atoms with Crippen molar-refractivity contribution in [3.05, 3.63) is 62.5 Å². The molecule has 4 rings (SSSR count). The highest BCUT2D eigenvalue weighted by Gasteiger charge is 2.35. The van der Waals surface area contributed by atoms with Gasteiger partial charge in [-0.05, 0) is 18.6 Å². The molecule has 2 aromatic heterocycles. The predicted octanol–water partition coefficient (Wildman–Crippen LogP) is 2.45. The van der Waals surface area contributed by atoms with Crippen molar-refractivity contribution in [2.75, 3.05) is 33.5 Å². The monoisotopic (exact) mass is 506 g/mol. The van der Waals surface area contributed by atoms with E-state index in [9.17, 15) is 23.5 Å². The molecule has 186 valence electrons. The Morgan fingerprint density at radius 1 is 1.23 bits per heavy atom. The van der Waals surface area contributed by atoms with Crippen molar-refractivity contribution in [3.63, 3.8) is 0 Å². The number of methoxy groups -OCH3 is 1. The quantitative estimate of drug-likeness (QED) is 0.445. The number of likely N-dealkylation sites (N-methyl/N-ethyl adjacent to an activating group) is 1. The van der Waals surface area contributed by atoms with Gasteiger partial charge in [-0.25, -0.2) is 8.78 Å². The summed E-state index contributed by atoms with van der Waals surface area (Å²) in [4.78, 5) is 27.6. The fourth-order valence-corrected chi connectivity index (χ4v) is 4.84. The molecule has 9 nitrogen and oxygen atoms in total. The average Bonchev–Trinajstić information content (AvgIpc) is 3.29. The van der Waals surface area contributed by atoms with Crippen LogP contribution in [0.25, 0.3) is 10.6 Å². The van der Waals surface area contributed by atoms with Gasteiger partial charge in [0.25, 0.3) is 5.91 Å². The molecule has 0 aliphatic carbocycles. The van der Waals surface area contributed by atoms with E-state index in [1.807, 2.05) is 6.92 Å². The summed E-state index contributed by atoms with van der Waals surface area (Å²) >= 11 is 1.05. The number of carbonyl (C=O) groups is 1. The molecule has 3 heterocycles. The maximum absolute atomic E-state index is 14.0. The van der Waals surface area contributed by atoms with E-state index in [2.05, 4.69) is 10.2 Å². The first-order chi connectivity index (χ1) is 16.8. The number of hydrogen-bond donors (Lipinski definition) is 1. The van der Waals surface area contributed by atoms with Gasteiger partial charge in [-0.2, -0.15) is 0 Å². The minimum absolute atomic E-state index is 0.0624. The minimum atomic E-state index is -0.744. The summed E-state index contributed by atoms with van der Waals surface area (Å²) in [5, 5.41) is 19.3. The van der Waals surface area contributed by atoms with E-state index >= 15 is 0 Å². The molecule has 1 aromatic carbocycles. The second kappa shape index (κ2) is 10.6. The summed E-state index contributed by atoms with van der Waals surface area (Å²) in [5.74, 6) is -2.51. The van der Waals surface area contributed by atoms with E-state index in [-0.39, 0.29) is 40.9 Å². The zero-order valence-corrected chi connectivity index (χ0v) is 20.0. The zero-order valence-electron chi connectivity index (χ0n) is 19.2. The smallest absolute Gasteiger partial charge is 0.274 e. The third kappa shape index (κ3) is 5.09. The van der Waals surface area contributed by atoms with Crippen LogP contribution in [0, 0.1) is 11.6 Å². The van der Waals surface area contributed by atoms with Gasteiger partial charge in [0.1, 0.15) is 16.6 Å². The maximum atomic E-state index is 14.0. The lowest BCUT2D eigenvalue weighted by molar-refractivity contribution is 0.0174. The van der Waals surface area contributed by atoms with Crippen molar-refractivity contribution in [2.24, 2.45) is 0 Å². The van der Waals surface area contributed by atoms with Gasteiger partial charge in [-0.15, -0.1) is 10.2 Å². The molecule has 0 saturated heterocycles. The van der Waals surface area contributed by atoms with Crippen molar-refractivity contribution in [2.45, 2.75) is 25.9 Å². The number of rotatable bonds is 9. The fourth-order valence-electron chi connectivity index (χ4n) is 3.97. The van der Waals surface area contributed by atoms with Crippen LogP contribution in [0.3, 0.4) is 0 Å². The van der Waals surface area contributed by atoms with E-state index in [0.717, 1.165) is 23.5 Å². The maximum Gasteiger partial charge on any atom is 0.274 e. The summed E-state index contributed by atoms with van der Waals surface area (Å²) in [6.07, 6.45) is 1.54. The third-order valence-corrected chi connectivity index (χ3v) is 6.66. The standard InChI is InChI=1S/C23H24F2N4O5S/c1-3-29-15(12-34-7-6-33-2)10-28-11-16(20(30)21(31)19(28)23(29)32)22-27-26-18(35-22)8-13-4-5-14(24)9-17(13)25/h4-5,9,11,15,31H,3,6-8,10,12H2,1-2H3/t15-/m1/s1. The molecule has 0 fully saturated rings. The largest absolute Gasteiger partial charge is 0.503 e. The second-order valence-corrected chi connectivity index (χ2v) is 9.01. The Labute approximate surface area is 203 Å². The van der Waals surface area contributed by atoms with Crippen molar-refractivity contribution in [3.8, 4) is 16.3 Å². The lowest BCUT2D eigenvalue weighted by Crippen LogP contribution is -2.51. The Bertz CT molecular complexity index is 1300. The summed E-state index contributed by atoms with van der Waals surface area (Å²) < 4.78 is 39.3. The van der Waals surface area contributed by atoms with Crippen LogP contribution in [-0.2, 0) is 22.4 Å². The van der Waals surface area contributed by atoms with E-state index in [1.165, 1.54) is 16.8 Å². The first-order valence-electron chi connectivity index (χ1n) is 10.9. The summed E-state index contributed by atoms with van der Waals surface area (Å²) in [7, 11) is 1.57. The molecule has 3 aromatic rings. The Morgan fingerprint density at radius 2 is 2.03 bits per heavy atom. The van der Waals surface area contributed by atoms with Crippen molar-refractivity contribution in [1.82, 2.24) is 19.7 Å².